The van der Waals surface area contributed by atoms with E-state index in [-0.39, 0.29) is 23.3 Å². The minimum atomic E-state index is -3.18. The molecule has 0 amide bonds. The van der Waals surface area contributed by atoms with Crippen LogP contribution in [0.15, 0.2) is 12.1 Å². The number of hydrogen-bond donors (Lipinski definition) is 1. The molecule has 0 aliphatic carbocycles. The molecule has 0 aromatic heterocycles. The average Bonchev–Trinajstić information content (AvgIpc) is 2.82. The van der Waals surface area contributed by atoms with Crippen LogP contribution < -0.4 is 4.74 Å². The third-order valence-corrected chi connectivity index (χ3v) is 8.96. The first-order valence-electron chi connectivity index (χ1n) is 13.8. The molecule has 0 aliphatic heterocycles. The van der Waals surface area contributed by atoms with E-state index in [1.54, 1.807) is 27.0 Å². The number of aromatic hydroxyl groups is 1. The quantitative estimate of drug-likeness (QED) is 0.108. The maximum atomic E-state index is 13.0. The van der Waals surface area contributed by atoms with Gasteiger partial charge in [-0.1, -0.05) is 53.9 Å². The van der Waals surface area contributed by atoms with Crippen molar-refractivity contribution in [3.63, 3.8) is 0 Å². The molecule has 1 rings (SSSR count). The fourth-order valence-corrected chi connectivity index (χ4v) is 6.47. The molecule has 0 saturated heterocycles. The van der Waals surface area contributed by atoms with Gasteiger partial charge in [-0.05, 0) is 62.5 Å². The molecule has 8 heteroatoms. The average molecular weight is 543 g/mol. The lowest BCUT2D eigenvalue weighted by molar-refractivity contribution is -0.143. The summed E-state index contributed by atoms with van der Waals surface area (Å²) in [4.78, 5) is 12.1. The summed E-state index contributed by atoms with van der Waals surface area (Å²) in [5.41, 5.74) is 0.779. The molecule has 0 spiro atoms. The smallest absolute Gasteiger partial charge is 0.330 e. The number of phenolic OH excluding ortho intramolecular Hbond substituents is 1. The number of rotatable bonds is 19. The lowest BCUT2D eigenvalue weighted by atomic mass is 9.76. The zero-order valence-corrected chi connectivity index (χ0v) is 25.4. The lowest BCUT2D eigenvalue weighted by Gasteiger charge is -2.32. The Balaban J connectivity index is 2.92. The van der Waals surface area contributed by atoms with E-state index in [0.717, 1.165) is 36.8 Å². The molecule has 1 aromatic carbocycles. The summed E-state index contributed by atoms with van der Waals surface area (Å²) in [6.45, 7) is 15.1. The highest BCUT2D eigenvalue weighted by molar-refractivity contribution is 7.53. The van der Waals surface area contributed by atoms with E-state index < -0.39 is 13.0 Å². The number of unbranched alkanes of at least 4 members (excludes halogenated alkanes) is 3. The molecule has 1 N–H and O–H groups in total. The van der Waals surface area contributed by atoms with Crippen molar-refractivity contribution >= 4 is 13.6 Å². The van der Waals surface area contributed by atoms with Crippen LogP contribution in [-0.2, 0) is 34.0 Å². The van der Waals surface area contributed by atoms with Crippen LogP contribution in [0.3, 0.4) is 0 Å². The molecule has 0 bridgehead atoms. The maximum absolute atomic E-state index is 13.0. The molecule has 0 heterocycles. The van der Waals surface area contributed by atoms with Crippen molar-refractivity contribution in [3.05, 3.63) is 23.3 Å². The van der Waals surface area contributed by atoms with Crippen LogP contribution in [0.2, 0.25) is 0 Å². The van der Waals surface area contributed by atoms with Crippen molar-refractivity contribution in [2.24, 2.45) is 0 Å². The zero-order valence-electron chi connectivity index (χ0n) is 24.5. The molecule has 0 saturated carbocycles. The van der Waals surface area contributed by atoms with Crippen molar-refractivity contribution in [3.8, 4) is 11.5 Å². The van der Waals surface area contributed by atoms with E-state index in [1.165, 1.54) is 0 Å². The van der Waals surface area contributed by atoms with Gasteiger partial charge in [0.25, 0.3) is 0 Å². The molecule has 0 fully saturated rings. The molecule has 0 atom stereocenters. The third kappa shape index (κ3) is 11.0. The lowest BCUT2D eigenvalue weighted by Crippen LogP contribution is -2.23. The van der Waals surface area contributed by atoms with Gasteiger partial charge in [-0.25, -0.2) is 0 Å². The van der Waals surface area contributed by atoms with Gasteiger partial charge in [0, 0.05) is 17.5 Å². The molecule has 0 radical (unpaired) electrons. The van der Waals surface area contributed by atoms with Gasteiger partial charge in [-0.2, -0.15) is 0 Å². The maximum Gasteiger partial charge on any atom is 0.330 e. The van der Waals surface area contributed by atoms with Crippen LogP contribution in [0, 0.1) is 0 Å². The summed E-state index contributed by atoms with van der Waals surface area (Å²) < 4.78 is 35.0. The number of hydrogen-bond acceptors (Lipinski definition) is 7. The largest absolute Gasteiger partial charge is 0.508 e. The Hall–Kier alpha value is -1.56. The molecular formula is C29H51O7P. The van der Waals surface area contributed by atoms with E-state index >= 15 is 0 Å². The van der Waals surface area contributed by atoms with E-state index in [2.05, 4.69) is 20.8 Å². The van der Waals surface area contributed by atoms with Crippen LogP contribution in [0.25, 0.3) is 0 Å². The predicted octanol–water partition coefficient (Wildman–Crippen LogP) is 7.91. The minimum Gasteiger partial charge on any atom is -0.508 e. The van der Waals surface area contributed by atoms with E-state index in [9.17, 15) is 14.5 Å². The Bertz CT molecular complexity index is 869. The van der Waals surface area contributed by atoms with Gasteiger partial charge in [0.2, 0.25) is 0 Å². The fourth-order valence-electron chi connectivity index (χ4n) is 4.52. The van der Waals surface area contributed by atoms with Gasteiger partial charge in [-0.3, -0.25) is 9.36 Å². The van der Waals surface area contributed by atoms with E-state index in [1.807, 2.05) is 19.9 Å². The first kappa shape index (κ1) is 33.5. The number of phenols is 1. The second-order valence-corrected chi connectivity index (χ2v) is 13.1. The number of ether oxygens (including phenoxy) is 2. The third-order valence-electron chi connectivity index (χ3n) is 6.88. The summed E-state index contributed by atoms with van der Waals surface area (Å²) in [6.07, 6.45) is 6.86. The molecule has 0 unspecified atom stereocenters. The topological polar surface area (TPSA) is 91.3 Å². The number of methoxy groups -OCH3 is 1. The summed E-state index contributed by atoms with van der Waals surface area (Å²) in [5, 5.41) is 11.1. The predicted molar refractivity (Wildman–Crippen MR) is 150 cm³/mol. The summed E-state index contributed by atoms with van der Waals surface area (Å²) >= 11 is 0. The monoisotopic (exact) mass is 542 g/mol. The highest BCUT2D eigenvalue weighted by Crippen LogP contribution is 2.51. The highest BCUT2D eigenvalue weighted by atomic mass is 31.2. The number of benzene rings is 1. The first-order chi connectivity index (χ1) is 17.4. The molecule has 1 aromatic rings. The summed E-state index contributed by atoms with van der Waals surface area (Å²) in [6, 6.07) is 3.65. The second kappa shape index (κ2) is 15.8. The van der Waals surface area contributed by atoms with Gasteiger partial charge < -0.3 is 23.6 Å². The Kier molecular flexibility index (Phi) is 14.3. The van der Waals surface area contributed by atoms with Crippen molar-refractivity contribution < 1.29 is 33.0 Å². The summed E-state index contributed by atoms with van der Waals surface area (Å²) in [5.74, 6) is 0.688. The molecule has 0 aliphatic rings. The SMILES string of the molecule is CCCCCCOC(=O)CCCC(C)(C)c1cc(OC)c(C(C)(C)CCP(=O)(OCC)OCC)cc1O. The fraction of sp³-hybridized carbons (Fsp3) is 0.759. The van der Waals surface area contributed by atoms with E-state index in [0.29, 0.717) is 51.3 Å². The van der Waals surface area contributed by atoms with Gasteiger partial charge >= 0.3 is 13.6 Å². The number of carbonyl (C=O) groups is 1. The Morgan fingerprint density at radius 3 is 2.08 bits per heavy atom. The van der Waals surface area contributed by atoms with Gasteiger partial charge in [0.1, 0.15) is 11.5 Å². The van der Waals surface area contributed by atoms with Crippen LogP contribution in [0.5, 0.6) is 11.5 Å². The van der Waals surface area contributed by atoms with Crippen LogP contribution in [-0.4, -0.2) is 44.2 Å². The van der Waals surface area contributed by atoms with Crippen molar-refractivity contribution in [1.82, 2.24) is 0 Å². The Morgan fingerprint density at radius 2 is 1.51 bits per heavy atom. The highest BCUT2D eigenvalue weighted by Gasteiger charge is 2.33. The Labute approximate surface area is 225 Å². The molecular weight excluding hydrogens is 491 g/mol. The number of esters is 1. The summed E-state index contributed by atoms with van der Waals surface area (Å²) in [7, 11) is -1.57. The zero-order chi connectivity index (χ0) is 28.1. The van der Waals surface area contributed by atoms with Crippen molar-refractivity contribution in [2.45, 2.75) is 111 Å². The van der Waals surface area contributed by atoms with Gasteiger partial charge in [-0.15, -0.1) is 0 Å². The minimum absolute atomic E-state index is 0.164. The molecule has 7 nitrogen and oxygen atoms in total. The van der Waals surface area contributed by atoms with E-state index in [4.69, 9.17) is 18.5 Å². The van der Waals surface area contributed by atoms with Crippen molar-refractivity contribution in [1.29, 1.82) is 0 Å². The molecule has 37 heavy (non-hydrogen) atoms. The van der Waals surface area contributed by atoms with Crippen LogP contribution in [0.4, 0.5) is 0 Å². The van der Waals surface area contributed by atoms with Gasteiger partial charge in [0.15, 0.2) is 0 Å². The Morgan fingerprint density at radius 1 is 0.892 bits per heavy atom. The number of carbonyl (C=O) groups excluding carboxylic acids is 1. The van der Waals surface area contributed by atoms with Crippen LogP contribution in [0.1, 0.15) is 111 Å². The van der Waals surface area contributed by atoms with Gasteiger partial charge in [0.05, 0.1) is 33.1 Å². The standard InChI is InChI=1S/C29H51O7P/c1-9-12-13-14-19-34-27(31)16-15-17-28(4,5)23-22-26(33-8)24(21-25(23)30)29(6,7)18-20-37(32,35-10-2)36-11-3/h21-22,30H,9-20H2,1-8H3. The van der Waals surface area contributed by atoms with Crippen LogP contribution >= 0.6 is 7.60 Å². The normalized spacial score (nSPS) is 12.5. The first-order valence-corrected chi connectivity index (χ1v) is 15.5. The van der Waals surface area contributed by atoms with Crippen molar-refractivity contribution in [2.75, 3.05) is 33.1 Å². The second-order valence-electron chi connectivity index (χ2n) is 10.9. The molecule has 214 valence electrons.